The van der Waals surface area contributed by atoms with Crippen molar-refractivity contribution in [3.8, 4) is 0 Å². The molecule has 1 atom stereocenters. The molecule has 1 unspecified atom stereocenters. The summed E-state index contributed by atoms with van der Waals surface area (Å²) in [5.41, 5.74) is 4.33. The number of H-pyrrole nitrogens is 1. The number of rotatable bonds is 1. The molecule has 2 heteroatoms. The quantitative estimate of drug-likeness (QED) is 0.703. The molecule has 1 aromatic heterocycles. The molecule has 0 saturated carbocycles. The molecular formula is C18H15NO. The lowest BCUT2D eigenvalue weighted by atomic mass is 9.81. The van der Waals surface area contributed by atoms with Gasteiger partial charge in [-0.1, -0.05) is 48.5 Å². The second-order valence-electron chi connectivity index (χ2n) is 5.46. The van der Waals surface area contributed by atoms with E-state index in [2.05, 4.69) is 23.2 Å². The fourth-order valence-electron chi connectivity index (χ4n) is 3.26. The van der Waals surface area contributed by atoms with Crippen molar-refractivity contribution in [1.29, 1.82) is 0 Å². The van der Waals surface area contributed by atoms with E-state index < -0.39 is 0 Å². The van der Waals surface area contributed by atoms with Gasteiger partial charge in [-0.3, -0.25) is 4.79 Å². The van der Waals surface area contributed by atoms with Crippen LogP contribution in [0.15, 0.2) is 54.6 Å². The number of nitrogens with one attached hydrogen (secondary N) is 1. The van der Waals surface area contributed by atoms with Crippen LogP contribution in [-0.4, -0.2) is 10.8 Å². The summed E-state index contributed by atoms with van der Waals surface area (Å²) < 4.78 is 0. The highest BCUT2D eigenvalue weighted by atomic mass is 16.1. The molecule has 1 heterocycles. The van der Waals surface area contributed by atoms with Crippen LogP contribution in [0, 0.1) is 0 Å². The Morgan fingerprint density at radius 2 is 1.65 bits per heavy atom. The van der Waals surface area contributed by atoms with Gasteiger partial charge in [-0.15, -0.1) is 0 Å². The normalized spacial score (nSPS) is 18.2. The van der Waals surface area contributed by atoms with E-state index in [4.69, 9.17) is 0 Å². The summed E-state index contributed by atoms with van der Waals surface area (Å²) in [6.07, 6.45) is 1.54. The number of aromatic amines is 1. The zero-order valence-electron chi connectivity index (χ0n) is 11.1. The van der Waals surface area contributed by atoms with Crippen molar-refractivity contribution in [2.75, 3.05) is 0 Å². The third-order valence-corrected chi connectivity index (χ3v) is 4.25. The number of ketones is 1. The molecular weight excluding hydrogens is 246 g/mol. The Morgan fingerprint density at radius 3 is 2.50 bits per heavy atom. The third kappa shape index (κ3) is 1.68. The fraction of sp³-hybridized carbons (Fsp3) is 0.167. The summed E-state index contributed by atoms with van der Waals surface area (Å²) in [4.78, 5) is 15.7. The molecule has 0 amide bonds. The van der Waals surface area contributed by atoms with Crippen molar-refractivity contribution in [2.24, 2.45) is 0 Å². The first-order valence-corrected chi connectivity index (χ1v) is 7.00. The predicted molar refractivity (Wildman–Crippen MR) is 80.1 cm³/mol. The maximum Gasteiger partial charge on any atom is 0.179 e. The smallest absolute Gasteiger partial charge is 0.179 e. The van der Waals surface area contributed by atoms with Gasteiger partial charge in [0, 0.05) is 17.3 Å². The molecule has 0 aliphatic heterocycles. The fourth-order valence-corrected chi connectivity index (χ4v) is 3.26. The summed E-state index contributed by atoms with van der Waals surface area (Å²) in [5.74, 6) is 0.534. The van der Waals surface area contributed by atoms with Gasteiger partial charge in [0.1, 0.15) is 0 Å². The third-order valence-electron chi connectivity index (χ3n) is 4.25. The highest BCUT2D eigenvalue weighted by molar-refractivity contribution is 6.03. The van der Waals surface area contributed by atoms with Gasteiger partial charge in [0.25, 0.3) is 0 Å². The number of benzene rings is 2. The van der Waals surface area contributed by atoms with Crippen LogP contribution in [-0.2, 0) is 6.42 Å². The average molecular weight is 261 g/mol. The Bertz CT molecular complexity index is 786. The van der Waals surface area contributed by atoms with Crippen molar-refractivity contribution in [3.05, 3.63) is 71.4 Å². The van der Waals surface area contributed by atoms with E-state index in [9.17, 15) is 4.79 Å². The molecule has 2 nitrogen and oxygen atoms in total. The Morgan fingerprint density at radius 1 is 0.900 bits per heavy atom. The zero-order valence-corrected chi connectivity index (χ0v) is 11.1. The molecule has 0 radical (unpaired) electrons. The molecule has 20 heavy (non-hydrogen) atoms. The summed E-state index contributed by atoms with van der Waals surface area (Å²) in [6.45, 7) is 0. The first-order valence-electron chi connectivity index (χ1n) is 7.00. The maximum atomic E-state index is 12.4. The van der Waals surface area contributed by atoms with Crippen LogP contribution < -0.4 is 0 Å². The van der Waals surface area contributed by atoms with Crippen molar-refractivity contribution < 1.29 is 4.79 Å². The summed E-state index contributed by atoms with van der Waals surface area (Å²) >= 11 is 0. The van der Waals surface area contributed by atoms with Gasteiger partial charge in [0.05, 0.1) is 5.69 Å². The number of carbonyl (C=O) groups is 1. The highest BCUT2D eigenvalue weighted by Gasteiger charge is 2.29. The van der Waals surface area contributed by atoms with Gasteiger partial charge in [-0.05, 0) is 29.5 Å². The summed E-state index contributed by atoms with van der Waals surface area (Å²) in [7, 11) is 0. The van der Waals surface area contributed by atoms with Gasteiger partial charge in [-0.2, -0.15) is 0 Å². The number of Topliss-reactive ketones (excluding diaryl/α,β-unsaturated/α-hetero) is 1. The Hall–Kier alpha value is -2.35. The Balaban J connectivity index is 1.84. The van der Waals surface area contributed by atoms with Crippen molar-refractivity contribution >= 4 is 16.7 Å². The molecule has 0 saturated heterocycles. The van der Waals surface area contributed by atoms with Crippen molar-refractivity contribution in [2.45, 2.75) is 18.8 Å². The van der Waals surface area contributed by atoms with Gasteiger partial charge in [-0.25, -0.2) is 0 Å². The molecule has 0 fully saturated rings. The standard InChI is InChI=1S/C18H15NO/c20-17-11-13(12-6-2-1-3-7-12)10-15-14-8-4-5-9-16(14)19-18(15)17/h1-9,13,19H,10-11H2. The largest absolute Gasteiger partial charge is 0.352 e. The second kappa shape index (κ2) is 4.34. The second-order valence-corrected chi connectivity index (χ2v) is 5.46. The SMILES string of the molecule is O=C1CC(c2ccccc2)Cc2c1[nH]c1ccccc21. The van der Waals surface area contributed by atoms with E-state index in [-0.39, 0.29) is 5.78 Å². The van der Waals surface area contributed by atoms with Gasteiger partial charge in [0.15, 0.2) is 5.78 Å². The van der Waals surface area contributed by atoms with Crippen molar-refractivity contribution in [1.82, 2.24) is 4.98 Å². The molecule has 98 valence electrons. The molecule has 0 bridgehead atoms. The lowest BCUT2D eigenvalue weighted by Gasteiger charge is -2.21. The van der Waals surface area contributed by atoms with E-state index in [0.717, 1.165) is 17.6 Å². The topological polar surface area (TPSA) is 32.9 Å². The van der Waals surface area contributed by atoms with Crippen LogP contribution in [0.25, 0.3) is 10.9 Å². The average Bonchev–Trinajstić information content (AvgIpc) is 2.88. The van der Waals surface area contributed by atoms with E-state index in [1.165, 1.54) is 16.5 Å². The maximum absolute atomic E-state index is 12.4. The van der Waals surface area contributed by atoms with E-state index in [1.807, 2.05) is 36.4 Å². The van der Waals surface area contributed by atoms with Gasteiger partial charge in [0.2, 0.25) is 0 Å². The molecule has 4 rings (SSSR count). The van der Waals surface area contributed by atoms with Crippen LogP contribution in [0.4, 0.5) is 0 Å². The number of fused-ring (bicyclic) bond motifs is 3. The number of carbonyl (C=O) groups excluding carboxylic acids is 1. The van der Waals surface area contributed by atoms with E-state index >= 15 is 0 Å². The zero-order chi connectivity index (χ0) is 13.5. The van der Waals surface area contributed by atoms with E-state index in [1.54, 1.807) is 0 Å². The molecule has 2 aromatic carbocycles. The highest BCUT2D eigenvalue weighted by Crippen LogP contribution is 2.36. The molecule has 1 aliphatic carbocycles. The van der Waals surface area contributed by atoms with Crippen LogP contribution >= 0.6 is 0 Å². The van der Waals surface area contributed by atoms with Gasteiger partial charge >= 0.3 is 0 Å². The Kier molecular flexibility index (Phi) is 2.49. The monoisotopic (exact) mass is 261 g/mol. The van der Waals surface area contributed by atoms with Crippen LogP contribution in [0.5, 0.6) is 0 Å². The molecule has 1 aliphatic rings. The Labute approximate surface area is 117 Å². The van der Waals surface area contributed by atoms with Crippen LogP contribution in [0.2, 0.25) is 0 Å². The van der Waals surface area contributed by atoms with E-state index in [0.29, 0.717) is 12.3 Å². The number of para-hydroxylation sites is 1. The van der Waals surface area contributed by atoms with Crippen LogP contribution in [0.3, 0.4) is 0 Å². The van der Waals surface area contributed by atoms with Crippen molar-refractivity contribution in [3.63, 3.8) is 0 Å². The first-order chi connectivity index (χ1) is 9.83. The molecule has 3 aromatic rings. The number of hydrogen-bond acceptors (Lipinski definition) is 1. The molecule has 1 N–H and O–H groups in total. The minimum atomic E-state index is 0.233. The number of aromatic nitrogens is 1. The lowest BCUT2D eigenvalue weighted by Crippen LogP contribution is -2.18. The predicted octanol–water partition coefficient (Wildman–Crippen LogP) is 4.08. The number of hydrogen-bond donors (Lipinski definition) is 1. The summed E-state index contributed by atoms with van der Waals surface area (Å²) in [5, 5.41) is 1.19. The molecule has 0 spiro atoms. The minimum absolute atomic E-state index is 0.233. The van der Waals surface area contributed by atoms with Gasteiger partial charge < -0.3 is 4.98 Å². The summed E-state index contributed by atoms with van der Waals surface area (Å²) in [6, 6.07) is 18.5. The lowest BCUT2D eigenvalue weighted by molar-refractivity contribution is 0.0960. The minimum Gasteiger partial charge on any atom is -0.352 e. The first kappa shape index (κ1) is 11.5. The van der Waals surface area contributed by atoms with Crippen LogP contribution in [0.1, 0.15) is 34.0 Å².